The standard InChI is InChI=1S/C17H20N4O2S/c18-13-8-4-5-9-14(13)19-10-12-15(22)20-17(24)21(16(12)23)11-6-2-1-3-7-11/h1-3,6-7,10,12-14H,4-5,8-9,18H2,(H,20,22,24)/t12-,13+,14+/m1/s1. The highest BCUT2D eigenvalue weighted by Crippen LogP contribution is 2.22. The monoisotopic (exact) mass is 344 g/mol. The Balaban J connectivity index is 1.80. The smallest absolute Gasteiger partial charge is 0.251 e. The van der Waals surface area contributed by atoms with E-state index in [1.807, 2.05) is 18.2 Å². The second-order valence-corrected chi connectivity index (χ2v) is 6.48. The lowest BCUT2D eigenvalue weighted by Crippen LogP contribution is -2.58. The molecule has 7 heteroatoms. The van der Waals surface area contributed by atoms with Crippen LogP contribution in [0.2, 0.25) is 0 Å². The Hall–Kier alpha value is -2.12. The van der Waals surface area contributed by atoms with Gasteiger partial charge in [0.15, 0.2) is 11.0 Å². The zero-order chi connectivity index (χ0) is 17.1. The Morgan fingerprint density at radius 3 is 2.62 bits per heavy atom. The Morgan fingerprint density at radius 2 is 1.92 bits per heavy atom. The van der Waals surface area contributed by atoms with E-state index >= 15 is 0 Å². The van der Waals surface area contributed by atoms with Crippen molar-refractivity contribution in [1.82, 2.24) is 5.32 Å². The van der Waals surface area contributed by atoms with Crippen LogP contribution in [0.25, 0.3) is 0 Å². The number of aliphatic imine (C=N–C) groups is 1. The van der Waals surface area contributed by atoms with Gasteiger partial charge in [-0.3, -0.25) is 19.5 Å². The van der Waals surface area contributed by atoms with Crippen molar-refractivity contribution in [2.45, 2.75) is 37.8 Å². The van der Waals surface area contributed by atoms with Crippen LogP contribution in [0.15, 0.2) is 35.3 Å². The van der Waals surface area contributed by atoms with Crippen LogP contribution in [-0.2, 0) is 9.59 Å². The highest BCUT2D eigenvalue weighted by Gasteiger charge is 2.38. The molecule has 0 aromatic heterocycles. The molecule has 0 spiro atoms. The summed E-state index contributed by atoms with van der Waals surface area (Å²) in [5, 5.41) is 2.68. The molecule has 1 heterocycles. The first kappa shape index (κ1) is 16.7. The maximum atomic E-state index is 12.8. The normalized spacial score (nSPS) is 28.3. The van der Waals surface area contributed by atoms with E-state index in [-0.39, 0.29) is 23.1 Å². The van der Waals surface area contributed by atoms with E-state index in [9.17, 15) is 9.59 Å². The molecule has 1 aromatic carbocycles. The molecule has 0 radical (unpaired) electrons. The van der Waals surface area contributed by atoms with E-state index < -0.39 is 11.8 Å². The maximum absolute atomic E-state index is 12.8. The number of rotatable bonds is 3. The molecule has 126 valence electrons. The predicted octanol–water partition coefficient (Wildman–Crippen LogP) is 1.39. The zero-order valence-corrected chi connectivity index (χ0v) is 14.0. The number of hydrogen-bond acceptors (Lipinski definition) is 5. The minimum absolute atomic E-state index is 0.0111. The summed E-state index contributed by atoms with van der Waals surface area (Å²) in [4.78, 5) is 30.7. The fourth-order valence-electron chi connectivity index (χ4n) is 3.07. The number of amides is 2. The van der Waals surface area contributed by atoms with E-state index in [0.29, 0.717) is 5.69 Å². The quantitative estimate of drug-likeness (QED) is 0.493. The van der Waals surface area contributed by atoms with Gasteiger partial charge in [0.1, 0.15) is 0 Å². The summed E-state index contributed by atoms with van der Waals surface area (Å²) in [6.07, 6.45) is 5.42. The number of nitrogens with one attached hydrogen (secondary N) is 1. The number of carbonyl (C=O) groups excluding carboxylic acids is 2. The van der Waals surface area contributed by atoms with Gasteiger partial charge in [-0.2, -0.15) is 0 Å². The summed E-state index contributed by atoms with van der Waals surface area (Å²) in [6, 6.07) is 8.97. The number of nitrogens with zero attached hydrogens (tertiary/aromatic N) is 2. The van der Waals surface area contributed by atoms with Gasteiger partial charge < -0.3 is 11.1 Å². The van der Waals surface area contributed by atoms with Gasteiger partial charge in [0.25, 0.3) is 5.91 Å². The van der Waals surface area contributed by atoms with E-state index in [2.05, 4.69) is 10.3 Å². The van der Waals surface area contributed by atoms with E-state index in [0.717, 1.165) is 25.7 Å². The molecule has 1 aliphatic heterocycles. The molecule has 6 nitrogen and oxygen atoms in total. The molecule has 2 fully saturated rings. The molecule has 3 rings (SSSR count). The number of carbonyl (C=O) groups is 2. The lowest BCUT2D eigenvalue weighted by molar-refractivity contribution is -0.130. The van der Waals surface area contributed by atoms with Crippen LogP contribution < -0.4 is 16.0 Å². The van der Waals surface area contributed by atoms with Crippen LogP contribution >= 0.6 is 12.2 Å². The predicted molar refractivity (Wildman–Crippen MR) is 96.9 cm³/mol. The Labute approximate surface area is 146 Å². The van der Waals surface area contributed by atoms with Crippen molar-refractivity contribution in [1.29, 1.82) is 0 Å². The second-order valence-electron chi connectivity index (χ2n) is 6.10. The number of thiocarbonyl (C=S) groups is 1. The van der Waals surface area contributed by atoms with Crippen LogP contribution in [0, 0.1) is 5.92 Å². The van der Waals surface area contributed by atoms with E-state index in [4.69, 9.17) is 18.0 Å². The van der Waals surface area contributed by atoms with Crippen LogP contribution in [0.4, 0.5) is 5.69 Å². The third-order valence-corrected chi connectivity index (χ3v) is 4.71. The van der Waals surface area contributed by atoms with Crippen molar-refractivity contribution < 1.29 is 9.59 Å². The molecule has 0 bridgehead atoms. The molecule has 1 aliphatic carbocycles. The van der Waals surface area contributed by atoms with Gasteiger partial charge in [0.05, 0.1) is 11.7 Å². The molecule has 1 saturated heterocycles. The molecule has 2 amide bonds. The van der Waals surface area contributed by atoms with Crippen LogP contribution in [0.1, 0.15) is 25.7 Å². The highest BCUT2D eigenvalue weighted by atomic mass is 32.1. The van der Waals surface area contributed by atoms with Crippen LogP contribution in [0.3, 0.4) is 0 Å². The fraction of sp³-hybridized carbons (Fsp3) is 0.412. The van der Waals surface area contributed by atoms with Crippen molar-refractivity contribution in [3.05, 3.63) is 30.3 Å². The molecular formula is C17H20N4O2S. The number of anilines is 1. The maximum Gasteiger partial charge on any atom is 0.251 e. The van der Waals surface area contributed by atoms with Crippen LogP contribution in [-0.4, -0.2) is 35.2 Å². The lowest BCUT2D eigenvalue weighted by Gasteiger charge is -2.31. The van der Waals surface area contributed by atoms with Gasteiger partial charge in [-0.1, -0.05) is 31.0 Å². The number of benzene rings is 1. The van der Waals surface area contributed by atoms with Gasteiger partial charge in [-0.15, -0.1) is 0 Å². The summed E-state index contributed by atoms with van der Waals surface area (Å²) in [7, 11) is 0. The van der Waals surface area contributed by atoms with E-state index in [1.165, 1.54) is 11.1 Å². The number of nitrogens with two attached hydrogens (primary N) is 1. The zero-order valence-electron chi connectivity index (χ0n) is 13.2. The molecule has 3 N–H and O–H groups in total. The average molecular weight is 344 g/mol. The molecule has 1 saturated carbocycles. The molecule has 3 atom stereocenters. The van der Waals surface area contributed by atoms with Crippen LogP contribution in [0.5, 0.6) is 0 Å². The van der Waals surface area contributed by atoms with E-state index in [1.54, 1.807) is 12.1 Å². The summed E-state index contributed by atoms with van der Waals surface area (Å²) in [6.45, 7) is 0. The Kier molecular flexibility index (Phi) is 5.01. The van der Waals surface area contributed by atoms with Crippen molar-refractivity contribution in [2.24, 2.45) is 16.6 Å². The lowest BCUT2D eigenvalue weighted by atomic mass is 9.91. The van der Waals surface area contributed by atoms with Crippen molar-refractivity contribution >= 4 is 41.0 Å². The fourth-order valence-corrected chi connectivity index (χ4v) is 3.36. The third kappa shape index (κ3) is 3.37. The van der Waals surface area contributed by atoms with Gasteiger partial charge in [-0.05, 0) is 37.2 Å². The summed E-state index contributed by atoms with van der Waals surface area (Å²) < 4.78 is 0. The first-order valence-corrected chi connectivity index (χ1v) is 8.51. The third-order valence-electron chi connectivity index (χ3n) is 4.42. The molecule has 2 aliphatic rings. The SMILES string of the molecule is N[C@H]1CCCC[C@@H]1N=C[C@@H]1C(=O)NC(=S)N(c2ccccc2)C1=O. The first-order chi connectivity index (χ1) is 11.6. The highest BCUT2D eigenvalue weighted by molar-refractivity contribution is 7.80. The summed E-state index contributed by atoms with van der Waals surface area (Å²) in [5.41, 5.74) is 6.70. The Morgan fingerprint density at radius 1 is 1.21 bits per heavy atom. The number of hydrogen-bond donors (Lipinski definition) is 2. The number of para-hydroxylation sites is 1. The van der Waals surface area contributed by atoms with Gasteiger partial charge >= 0.3 is 0 Å². The second kappa shape index (κ2) is 7.19. The molecule has 0 unspecified atom stereocenters. The van der Waals surface area contributed by atoms with Gasteiger partial charge in [0, 0.05) is 12.3 Å². The minimum atomic E-state index is -0.981. The average Bonchev–Trinajstić information content (AvgIpc) is 2.57. The summed E-state index contributed by atoms with van der Waals surface area (Å²) in [5.74, 6) is -1.81. The molecule has 24 heavy (non-hydrogen) atoms. The van der Waals surface area contributed by atoms with Crippen molar-refractivity contribution in [3.8, 4) is 0 Å². The van der Waals surface area contributed by atoms with Gasteiger partial charge in [0.2, 0.25) is 5.91 Å². The topological polar surface area (TPSA) is 87.8 Å². The minimum Gasteiger partial charge on any atom is -0.326 e. The van der Waals surface area contributed by atoms with Crippen molar-refractivity contribution in [2.75, 3.05) is 4.90 Å². The van der Waals surface area contributed by atoms with Crippen molar-refractivity contribution in [3.63, 3.8) is 0 Å². The first-order valence-electron chi connectivity index (χ1n) is 8.10. The molecule has 1 aromatic rings. The largest absolute Gasteiger partial charge is 0.326 e. The molecular weight excluding hydrogens is 324 g/mol. The Bertz CT molecular complexity index is 676. The summed E-state index contributed by atoms with van der Waals surface area (Å²) >= 11 is 5.15. The van der Waals surface area contributed by atoms with Gasteiger partial charge in [-0.25, -0.2) is 0 Å².